The zero-order valence-electron chi connectivity index (χ0n) is 8.27. The van der Waals surface area contributed by atoms with E-state index >= 15 is 0 Å². The van der Waals surface area contributed by atoms with E-state index in [1.165, 1.54) is 32.1 Å². The molecule has 0 amide bonds. The van der Waals surface area contributed by atoms with Gasteiger partial charge in [0.1, 0.15) is 0 Å². The Morgan fingerprint density at radius 2 is 1.82 bits per heavy atom. The van der Waals surface area contributed by atoms with Gasteiger partial charge in [0, 0.05) is 0 Å². The van der Waals surface area contributed by atoms with E-state index in [0.717, 1.165) is 17.8 Å². The smallest absolute Gasteiger partial charge is 0.0384 e. The molecule has 1 aliphatic carbocycles. The zero-order valence-corrected chi connectivity index (χ0v) is 8.27. The molecule has 2 unspecified atom stereocenters. The Kier molecular flexibility index (Phi) is 3.42. The normalized spacial score (nSPS) is 31.6. The van der Waals surface area contributed by atoms with Crippen LogP contribution in [0.5, 0.6) is 0 Å². The van der Waals surface area contributed by atoms with E-state index in [1.807, 2.05) is 0 Å². The Morgan fingerprint density at radius 3 is 2.36 bits per heavy atom. The first kappa shape index (κ1) is 9.09. The molecule has 11 heavy (non-hydrogen) atoms. The summed E-state index contributed by atoms with van der Waals surface area (Å²) in [7, 11) is 0. The summed E-state index contributed by atoms with van der Waals surface area (Å²) in [4.78, 5) is 0. The van der Waals surface area contributed by atoms with Crippen molar-refractivity contribution in [2.45, 2.75) is 52.9 Å². The summed E-state index contributed by atoms with van der Waals surface area (Å²) in [5, 5.41) is 0. The van der Waals surface area contributed by atoms with Crippen LogP contribution in [-0.4, -0.2) is 0 Å². The number of hydrogen-bond acceptors (Lipinski definition) is 0. The van der Waals surface area contributed by atoms with Crippen LogP contribution in [0.3, 0.4) is 0 Å². The quantitative estimate of drug-likeness (QED) is 0.579. The maximum atomic E-state index is 2.35. The molecule has 0 aromatic heterocycles. The molecule has 0 bridgehead atoms. The predicted octanol–water partition coefficient (Wildman–Crippen LogP) is 3.86. The summed E-state index contributed by atoms with van der Waals surface area (Å²) in [5.41, 5.74) is 0. The van der Waals surface area contributed by atoms with Crippen LogP contribution in [-0.2, 0) is 0 Å². The van der Waals surface area contributed by atoms with Gasteiger partial charge in [-0.1, -0.05) is 46.5 Å². The van der Waals surface area contributed by atoms with E-state index in [2.05, 4.69) is 20.8 Å². The van der Waals surface area contributed by atoms with Crippen LogP contribution in [0.25, 0.3) is 0 Å². The second kappa shape index (κ2) is 4.13. The molecule has 0 aromatic carbocycles. The van der Waals surface area contributed by atoms with Crippen LogP contribution in [0.2, 0.25) is 0 Å². The minimum atomic E-state index is 0.909. The van der Waals surface area contributed by atoms with Crippen LogP contribution in [0, 0.1) is 17.8 Å². The second-order valence-electron chi connectivity index (χ2n) is 4.49. The Labute approximate surface area is 71.4 Å². The minimum absolute atomic E-state index is 0.909. The molecular weight excluding hydrogens is 132 g/mol. The van der Waals surface area contributed by atoms with Crippen LogP contribution in [0.1, 0.15) is 52.9 Å². The molecule has 1 saturated carbocycles. The van der Waals surface area contributed by atoms with E-state index in [4.69, 9.17) is 0 Å². The highest BCUT2D eigenvalue weighted by molar-refractivity contribution is 4.77. The Balaban J connectivity index is 2.31. The summed E-state index contributed by atoms with van der Waals surface area (Å²) >= 11 is 0. The molecule has 0 N–H and O–H groups in total. The van der Waals surface area contributed by atoms with Crippen molar-refractivity contribution >= 4 is 0 Å². The molecule has 2 atom stereocenters. The van der Waals surface area contributed by atoms with Gasteiger partial charge in [-0.25, -0.2) is 0 Å². The van der Waals surface area contributed by atoms with Crippen molar-refractivity contribution in [1.29, 1.82) is 0 Å². The third kappa shape index (κ3) is 2.50. The molecule has 0 aromatic rings. The fourth-order valence-corrected chi connectivity index (χ4v) is 2.57. The maximum absolute atomic E-state index is 2.35. The fourth-order valence-electron chi connectivity index (χ4n) is 2.57. The molecule has 0 saturated heterocycles. The monoisotopic (exact) mass is 154 g/mol. The lowest BCUT2D eigenvalue weighted by Gasteiger charge is -2.19. The first-order valence-corrected chi connectivity index (χ1v) is 5.24. The minimum Gasteiger partial charge on any atom is -0.0651 e. The van der Waals surface area contributed by atoms with Crippen molar-refractivity contribution in [3.63, 3.8) is 0 Å². The van der Waals surface area contributed by atoms with Crippen LogP contribution < -0.4 is 0 Å². The van der Waals surface area contributed by atoms with Crippen LogP contribution >= 0.6 is 0 Å². The van der Waals surface area contributed by atoms with Crippen molar-refractivity contribution in [3.05, 3.63) is 0 Å². The predicted molar refractivity (Wildman–Crippen MR) is 50.6 cm³/mol. The van der Waals surface area contributed by atoms with Gasteiger partial charge in [-0.15, -0.1) is 0 Å². The molecule has 1 rings (SSSR count). The molecule has 0 heterocycles. The van der Waals surface area contributed by atoms with Gasteiger partial charge in [0.25, 0.3) is 0 Å². The number of rotatable bonds is 3. The largest absolute Gasteiger partial charge is 0.0651 e. The van der Waals surface area contributed by atoms with Gasteiger partial charge in [-0.2, -0.15) is 0 Å². The summed E-state index contributed by atoms with van der Waals surface area (Å²) in [6.07, 6.45) is 7.40. The van der Waals surface area contributed by atoms with E-state index in [1.54, 1.807) is 0 Å². The molecule has 66 valence electrons. The molecule has 0 radical (unpaired) electrons. The first-order valence-electron chi connectivity index (χ1n) is 5.24. The summed E-state index contributed by atoms with van der Waals surface area (Å²) in [5.74, 6) is 3.05. The van der Waals surface area contributed by atoms with Crippen molar-refractivity contribution in [3.8, 4) is 0 Å². The standard InChI is InChI=1S/C11H22/c1-4-10-6-5-7-11(10)8-9(2)3/h9-11H,4-8H2,1-3H3. The van der Waals surface area contributed by atoms with Crippen LogP contribution in [0.15, 0.2) is 0 Å². The molecule has 0 spiro atoms. The third-order valence-corrected chi connectivity index (χ3v) is 3.12. The van der Waals surface area contributed by atoms with Crippen molar-refractivity contribution in [1.82, 2.24) is 0 Å². The van der Waals surface area contributed by atoms with Crippen molar-refractivity contribution in [2.75, 3.05) is 0 Å². The van der Waals surface area contributed by atoms with E-state index in [9.17, 15) is 0 Å². The molecular formula is C11H22. The van der Waals surface area contributed by atoms with E-state index in [0.29, 0.717) is 0 Å². The lowest BCUT2D eigenvalue weighted by molar-refractivity contribution is 0.316. The first-order chi connectivity index (χ1) is 5.24. The summed E-state index contributed by atoms with van der Waals surface area (Å²) in [6.45, 7) is 7.05. The fraction of sp³-hybridized carbons (Fsp3) is 1.00. The highest BCUT2D eigenvalue weighted by Crippen LogP contribution is 2.37. The lowest BCUT2D eigenvalue weighted by Crippen LogP contribution is -2.09. The average molecular weight is 154 g/mol. The maximum Gasteiger partial charge on any atom is -0.0384 e. The van der Waals surface area contributed by atoms with Gasteiger partial charge in [0.15, 0.2) is 0 Å². The van der Waals surface area contributed by atoms with Crippen molar-refractivity contribution in [2.24, 2.45) is 17.8 Å². The van der Waals surface area contributed by atoms with E-state index in [-0.39, 0.29) is 0 Å². The van der Waals surface area contributed by atoms with E-state index < -0.39 is 0 Å². The average Bonchev–Trinajstić information content (AvgIpc) is 2.34. The molecule has 0 aliphatic heterocycles. The topological polar surface area (TPSA) is 0 Å². The molecule has 1 aliphatic rings. The zero-order chi connectivity index (χ0) is 8.27. The summed E-state index contributed by atoms with van der Waals surface area (Å²) in [6, 6.07) is 0. The highest BCUT2D eigenvalue weighted by Gasteiger charge is 2.25. The molecule has 1 fully saturated rings. The molecule has 0 heteroatoms. The number of hydrogen-bond donors (Lipinski definition) is 0. The summed E-state index contributed by atoms with van der Waals surface area (Å²) < 4.78 is 0. The van der Waals surface area contributed by atoms with Gasteiger partial charge in [0.05, 0.1) is 0 Å². The Hall–Kier alpha value is 0. The highest BCUT2D eigenvalue weighted by atomic mass is 14.3. The van der Waals surface area contributed by atoms with Crippen molar-refractivity contribution < 1.29 is 0 Å². The van der Waals surface area contributed by atoms with Gasteiger partial charge in [-0.3, -0.25) is 0 Å². The van der Waals surface area contributed by atoms with Gasteiger partial charge >= 0.3 is 0 Å². The van der Waals surface area contributed by atoms with Crippen LogP contribution in [0.4, 0.5) is 0 Å². The second-order valence-corrected chi connectivity index (χ2v) is 4.49. The van der Waals surface area contributed by atoms with Gasteiger partial charge in [-0.05, 0) is 24.2 Å². The van der Waals surface area contributed by atoms with Gasteiger partial charge in [0.2, 0.25) is 0 Å². The van der Waals surface area contributed by atoms with Gasteiger partial charge < -0.3 is 0 Å². The Morgan fingerprint density at radius 1 is 1.18 bits per heavy atom. The third-order valence-electron chi connectivity index (χ3n) is 3.12. The SMILES string of the molecule is CCC1CCCC1CC(C)C. The molecule has 0 nitrogen and oxygen atoms in total. The Bertz CT molecular complexity index is 105. The lowest BCUT2D eigenvalue weighted by atomic mass is 9.87.